The van der Waals surface area contributed by atoms with E-state index in [1.807, 2.05) is 19.2 Å². The van der Waals surface area contributed by atoms with Crippen LogP contribution in [0.15, 0.2) is 18.2 Å². The number of amides is 1. The number of aliphatic hydroxyl groups excluding tert-OH is 1. The zero-order valence-corrected chi connectivity index (χ0v) is 12.1. The quantitative estimate of drug-likeness (QED) is 0.918. The fourth-order valence-corrected chi connectivity index (χ4v) is 3.58. The van der Waals surface area contributed by atoms with Gasteiger partial charge >= 0.3 is 0 Å². The summed E-state index contributed by atoms with van der Waals surface area (Å²) in [6.45, 7) is 0. The lowest BCUT2D eigenvalue weighted by molar-refractivity contribution is -0.118. The molecule has 0 saturated heterocycles. The van der Waals surface area contributed by atoms with E-state index in [1.54, 1.807) is 4.90 Å². The van der Waals surface area contributed by atoms with Crippen LogP contribution >= 0.6 is 0 Å². The normalized spacial score (nSPS) is 21.1. The first-order chi connectivity index (χ1) is 9.65. The Bertz CT molecular complexity index is 506. The minimum absolute atomic E-state index is 0.178. The number of hydrogen-bond acceptors (Lipinski definition) is 2. The molecule has 2 aliphatic rings. The smallest absolute Gasteiger partial charge is 0.227 e. The van der Waals surface area contributed by atoms with Gasteiger partial charge in [0.1, 0.15) is 0 Å². The summed E-state index contributed by atoms with van der Waals surface area (Å²) in [5, 5.41) is 10.4. The number of carbonyl (C=O) groups excluding carboxylic acids is 1. The van der Waals surface area contributed by atoms with Crippen LogP contribution in [0, 0.1) is 5.92 Å². The molecule has 1 heterocycles. The van der Waals surface area contributed by atoms with Gasteiger partial charge in [-0.25, -0.2) is 0 Å². The molecule has 1 N–H and O–H groups in total. The summed E-state index contributed by atoms with van der Waals surface area (Å²) in [4.78, 5) is 13.4. The third-order valence-corrected chi connectivity index (χ3v) is 4.86. The molecule has 20 heavy (non-hydrogen) atoms. The van der Waals surface area contributed by atoms with Crippen molar-refractivity contribution < 1.29 is 9.90 Å². The van der Waals surface area contributed by atoms with E-state index in [-0.39, 0.29) is 12.0 Å². The molecule has 0 spiro atoms. The summed E-state index contributed by atoms with van der Waals surface area (Å²) in [7, 11) is 1.83. The zero-order valence-electron chi connectivity index (χ0n) is 12.1. The summed E-state index contributed by atoms with van der Waals surface area (Å²) in [5.74, 6) is 0.863. The van der Waals surface area contributed by atoms with E-state index in [9.17, 15) is 9.90 Å². The summed E-state index contributed by atoms with van der Waals surface area (Å²) >= 11 is 0. The molecule has 1 fully saturated rings. The van der Waals surface area contributed by atoms with Crippen LogP contribution in [0.25, 0.3) is 0 Å². The van der Waals surface area contributed by atoms with Crippen LogP contribution in [0.3, 0.4) is 0 Å². The monoisotopic (exact) mass is 273 g/mol. The highest BCUT2D eigenvalue weighted by molar-refractivity contribution is 5.95. The molecule has 1 saturated carbocycles. The number of benzene rings is 1. The maximum Gasteiger partial charge on any atom is 0.227 e. The molecule has 0 bridgehead atoms. The molecule has 0 radical (unpaired) electrons. The van der Waals surface area contributed by atoms with E-state index in [2.05, 4.69) is 6.07 Å². The van der Waals surface area contributed by atoms with Gasteiger partial charge in [-0.3, -0.25) is 4.79 Å². The molecular weight excluding hydrogens is 250 g/mol. The van der Waals surface area contributed by atoms with Crippen molar-refractivity contribution >= 4 is 11.6 Å². The maximum atomic E-state index is 11.7. The lowest BCUT2D eigenvalue weighted by Crippen LogP contribution is -2.31. The van der Waals surface area contributed by atoms with Crippen molar-refractivity contribution in [3.63, 3.8) is 0 Å². The number of rotatable bonds is 3. The molecule has 1 aromatic rings. The van der Waals surface area contributed by atoms with Crippen molar-refractivity contribution in [3.8, 4) is 0 Å². The number of fused-ring (bicyclic) bond motifs is 1. The molecule has 3 nitrogen and oxygen atoms in total. The first-order valence-corrected chi connectivity index (χ1v) is 7.72. The van der Waals surface area contributed by atoms with Crippen molar-refractivity contribution in [3.05, 3.63) is 29.3 Å². The molecular formula is C17H23NO2. The fourth-order valence-electron chi connectivity index (χ4n) is 3.58. The van der Waals surface area contributed by atoms with Crippen LogP contribution in [0.2, 0.25) is 0 Å². The van der Waals surface area contributed by atoms with Crippen LogP contribution in [-0.2, 0) is 11.2 Å². The molecule has 0 aromatic heterocycles. The van der Waals surface area contributed by atoms with Crippen molar-refractivity contribution in [2.75, 3.05) is 11.9 Å². The standard InChI is InChI=1S/C17H23NO2/c1-18-15-8-6-14(11-13(15)7-9-17(18)20)16(19)10-12-4-2-3-5-12/h6,8,11-12,16,19H,2-5,7,9-10H2,1H3. The van der Waals surface area contributed by atoms with Gasteiger partial charge in [0, 0.05) is 19.2 Å². The number of anilines is 1. The van der Waals surface area contributed by atoms with Crippen molar-refractivity contribution in [2.24, 2.45) is 5.92 Å². The number of nitrogens with zero attached hydrogens (tertiary/aromatic N) is 1. The average molecular weight is 273 g/mol. The topological polar surface area (TPSA) is 40.5 Å². The van der Waals surface area contributed by atoms with E-state index in [1.165, 1.54) is 31.2 Å². The largest absolute Gasteiger partial charge is 0.388 e. The SMILES string of the molecule is CN1C(=O)CCc2cc(C(O)CC3CCCC3)ccc21. The minimum atomic E-state index is -0.355. The molecule has 1 aliphatic carbocycles. The molecule has 3 heteroatoms. The van der Waals surface area contributed by atoms with Crippen LogP contribution in [0.5, 0.6) is 0 Å². The second-order valence-corrected chi connectivity index (χ2v) is 6.24. The number of carbonyl (C=O) groups is 1. The Labute approximate surface area is 120 Å². The lowest BCUT2D eigenvalue weighted by Gasteiger charge is -2.27. The lowest BCUT2D eigenvalue weighted by atomic mass is 9.92. The third-order valence-electron chi connectivity index (χ3n) is 4.86. The average Bonchev–Trinajstić information content (AvgIpc) is 2.95. The molecule has 3 rings (SSSR count). The van der Waals surface area contributed by atoms with Crippen molar-refractivity contribution in [2.45, 2.75) is 51.0 Å². The van der Waals surface area contributed by atoms with Gasteiger partial charge in [-0.2, -0.15) is 0 Å². The van der Waals surface area contributed by atoms with E-state index in [4.69, 9.17) is 0 Å². The van der Waals surface area contributed by atoms with E-state index in [0.717, 1.165) is 24.1 Å². The highest BCUT2D eigenvalue weighted by atomic mass is 16.3. The van der Waals surface area contributed by atoms with Gasteiger partial charge in [0.05, 0.1) is 6.10 Å². The Morgan fingerprint density at radius 3 is 2.80 bits per heavy atom. The van der Waals surface area contributed by atoms with Gasteiger partial charge < -0.3 is 10.0 Å². The molecule has 1 atom stereocenters. The summed E-state index contributed by atoms with van der Waals surface area (Å²) in [6, 6.07) is 6.06. The second-order valence-electron chi connectivity index (χ2n) is 6.24. The Hall–Kier alpha value is -1.35. The predicted octanol–water partition coefficient (Wildman–Crippen LogP) is 3.21. The van der Waals surface area contributed by atoms with Crippen LogP contribution < -0.4 is 4.90 Å². The first kappa shape index (κ1) is 13.6. The molecule has 1 unspecified atom stereocenters. The maximum absolute atomic E-state index is 11.7. The zero-order chi connectivity index (χ0) is 14.1. The van der Waals surface area contributed by atoms with Crippen LogP contribution in [0.1, 0.15) is 55.8 Å². The summed E-state index contributed by atoms with van der Waals surface area (Å²) < 4.78 is 0. The molecule has 108 valence electrons. The molecule has 1 aliphatic heterocycles. The van der Waals surface area contributed by atoms with Crippen LogP contribution in [-0.4, -0.2) is 18.1 Å². The second kappa shape index (κ2) is 5.57. The Morgan fingerprint density at radius 2 is 2.05 bits per heavy atom. The van der Waals surface area contributed by atoms with E-state index in [0.29, 0.717) is 12.3 Å². The summed E-state index contributed by atoms with van der Waals surface area (Å²) in [5.41, 5.74) is 3.20. The Morgan fingerprint density at radius 1 is 1.30 bits per heavy atom. The summed E-state index contributed by atoms with van der Waals surface area (Å²) in [6.07, 6.45) is 7.05. The van der Waals surface area contributed by atoms with E-state index < -0.39 is 0 Å². The highest BCUT2D eigenvalue weighted by Crippen LogP contribution is 2.35. The Kier molecular flexibility index (Phi) is 3.79. The van der Waals surface area contributed by atoms with Gasteiger partial charge in [-0.1, -0.05) is 37.8 Å². The van der Waals surface area contributed by atoms with Gasteiger partial charge in [0.15, 0.2) is 0 Å². The fraction of sp³-hybridized carbons (Fsp3) is 0.588. The number of aryl methyl sites for hydroxylation is 1. The number of hydrogen-bond donors (Lipinski definition) is 1. The predicted molar refractivity (Wildman–Crippen MR) is 79.7 cm³/mol. The van der Waals surface area contributed by atoms with E-state index >= 15 is 0 Å². The highest BCUT2D eigenvalue weighted by Gasteiger charge is 2.23. The Balaban J connectivity index is 1.76. The van der Waals surface area contributed by atoms with Gasteiger partial charge in [0.25, 0.3) is 0 Å². The van der Waals surface area contributed by atoms with Gasteiger partial charge in [-0.05, 0) is 36.0 Å². The third kappa shape index (κ3) is 2.59. The van der Waals surface area contributed by atoms with Crippen molar-refractivity contribution in [1.82, 2.24) is 0 Å². The van der Waals surface area contributed by atoms with Crippen LogP contribution in [0.4, 0.5) is 5.69 Å². The minimum Gasteiger partial charge on any atom is -0.388 e. The number of aliphatic hydroxyl groups is 1. The molecule has 1 aromatic carbocycles. The first-order valence-electron chi connectivity index (χ1n) is 7.72. The molecule has 1 amide bonds. The van der Waals surface area contributed by atoms with Gasteiger partial charge in [0.2, 0.25) is 5.91 Å². The van der Waals surface area contributed by atoms with Crippen molar-refractivity contribution in [1.29, 1.82) is 0 Å². The van der Waals surface area contributed by atoms with Gasteiger partial charge in [-0.15, -0.1) is 0 Å².